The molecule has 1 N–H and O–H groups in total. The van der Waals surface area contributed by atoms with E-state index in [9.17, 15) is 17.6 Å². The quantitative estimate of drug-likeness (QED) is 0.658. The average Bonchev–Trinajstić information content (AvgIpc) is 3.28. The van der Waals surface area contributed by atoms with Crippen LogP contribution in [-0.2, 0) is 22.0 Å². The molecule has 1 amide bonds. The maximum Gasteiger partial charge on any atom is 0.335 e. The molecule has 3 aromatic rings. The summed E-state index contributed by atoms with van der Waals surface area (Å²) in [6.07, 6.45) is 0.205. The summed E-state index contributed by atoms with van der Waals surface area (Å²) in [5, 5.41) is 11.2. The summed E-state index contributed by atoms with van der Waals surface area (Å²) < 4.78 is 42.6. The average molecular weight is 395 g/mol. The van der Waals surface area contributed by atoms with Gasteiger partial charge < -0.3 is 9.73 Å². The van der Waals surface area contributed by atoms with E-state index in [2.05, 4.69) is 15.5 Å². The minimum Gasteiger partial charge on any atom is -0.412 e. The monoisotopic (exact) mass is 395 g/mol. The number of hydrogen-bond acceptors (Lipinski definition) is 7. The first kappa shape index (κ1) is 18.2. The van der Waals surface area contributed by atoms with Crippen LogP contribution in [0.15, 0.2) is 51.4 Å². The van der Waals surface area contributed by atoms with Crippen molar-refractivity contribution in [1.82, 2.24) is 15.5 Å². The molecule has 0 unspecified atom stereocenters. The van der Waals surface area contributed by atoms with Gasteiger partial charge >= 0.3 is 5.22 Å². The highest BCUT2D eigenvalue weighted by Gasteiger charge is 2.23. The molecular weight excluding hydrogens is 381 g/mol. The molecule has 2 heterocycles. The molecule has 136 valence electrons. The Kier molecular flexibility index (Phi) is 5.43. The second-order valence-electron chi connectivity index (χ2n) is 5.33. The Balaban J connectivity index is 1.58. The van der Waals surface area contributed by atoms with Crippen LogP contribution in [0.4, 0.5) is 4.39 Å². The Morgan fingerprint density at radius 2 is 1.96 bits per heavy atom. The van der Waals surface area contributed by atoms with Gasteiger partial charge in [0.15, 0.2) is 0 Å². The van der Waals surface area contributed by atoms with Crippen molar-refractivity contribution in [2.24, 2.45) is 0 Å². The molecule has 26 heavy (non-hydrogen) atoms. The molecule has 3 rings (SSSR count). The number of rotatable bonds is 7. The van der Waals surface area contributed by atoms with Crippen LogP contribution in [-0.4, -0.2) is 31.1 Å². The molecule has 0 radical (unpaired) electrons. The molecule has 0 aliphatic heterocycles. The molecule has 10 heteroatoms. The summed E-state index contributed by atoms with van der Waals surface area (Å²) >= 11 is 1.32. The highest BCUT2D eigenvalue weighted by Crippen LogP contribution is 2.16. The van der Waals surface area contributed by atoms with Gasteiger partial charge in [-0.2, -0.15) is 0 Å². The van der Waals surface area contributed by atoms with Crippen LogP contribution in [0.2, 0.25) is 0 Å². The van der Waals surface area contributed by atoms with Gasteiger partial charge in [0, 0.05) is 13.0 Å². The number of nitrogens with one attached hydrogen (secondary N) is 1. The number of hydrogen-bond donors (Lipinski definition) is 1. The molecule has 0 bridgehead atoms. The van der Waals surface area contributed by atoms with Crippen molar-refractivity contribution in [3.63, 3.8) is 0 Å². The number of aromatic nitrogens is 2. The lowest BCUT2D eigenvalue weighted by atomic mass is 10.2. The van der Waals surface area contributed by atoms with Crippen LogP contribution < -0.4 is 5.32 Å². The minimum absolute atomic E-state index is 0.106. The van der Waals surface area contributed by atoms with E-state index in [-0.39, 0.29) is 30.5 Å². The van der Waals surface area contributed by atoms with Gasteiger partial charge in [-0.15, -0.1) is 16.4 Å². The van der Waals surface area contributed by atoms with Crippen molar-refractivity contribution in [2.45, 2.75) is 17.4 Å². The molecular formula is C16H14FN3O4S2. The highest BCUT2D eigenvalue weighted by molar-refractivity contribution is 7.90. The summed E-state index contributed by atoms with van der Waals surface area (Å²) in [6, 6.07) is 8.60. The van der Waals surface area contributed by atoms with Gasteiger partial charge in [0.2, 0.25) is 15.7 Å². The van der Waals surface area contributed by atoms with Crippen molar-refractivity contribution in [1.29, 1.82) is 0 Å². The van der Waals surface area contributed by atoms with Gasteiger partial charge in [0.1, 0.15) is 5.82 Å². The third-order valence-electron chi connectivity index (χ3n) is 3.35. The van der Waals surface area contributed by atoms with Crippen LogP contribution in [0, 0.1) is 5.82 Å². The fourth-order valence-electron chi connectivity index (χ4n) is 2.10. The van der Waals surface area contributed by atoms with Gasteiger partial charge in [-0.05, 0) is 29.1 Å². The molecule has 2 aromatic heterocycles. The predicted octanol–water partition coefficient (Wildman–Crippen LogP) is 2.22. The fourth-order valence-corrected chi connectivity index (χ4v) is 3.89. The summed E-state index contributed by atoms with van der Waals surface area (Å²) in [4.78, 5) is 12.4. The van der Waals surface area contributed by atoms with Crippen LogP contribution in [0.3, 0.4) is 0 Å². The summed E-state index contributed by atoms with van der Waals surface area (Å²) in [6.45, 7) is 0.233. The maximum absolute atomic E-state index is 12.9. The normalized spacial score (nSPS) is 11.4. The number of sulfone groups is 1. The van der Waals surface area contributed by atoms with Gasteiger partial charge in [0.05, 0.1) is 10.6 Å². The molecule has 7 nitrogen and oxygen atoms in total. The molecule has 0 atom stereocenters. The number of thiophene rings is 1. The standard InChI is InChI=1S/C16H14FN3O4S2/c17-12-5-3-11(4-6-12)10-26(22,23)16-20-19-14(24-16)7-8-18-15(21)13-2-1-9-25-13/h1-6,9H,7-8,10H2,(H,18,21). The second kappa shape index (κ2) is 7.75. The van der Waals surface area contributed by atoms with Gasteiger partial charge in [0.25, 0.3) is 5.91 Å². The Morgan fingerprint density at radius 1 is 1.19 bits per heavy atom. The Bertz CT molecular complexity index is 983. The molecule has 0 saturated heterocycles. The molecule has 0 aliphatic carbocycles. The van der Waals surface area contributed by atoms with Gasteiger partial charge in [-0.25, -0.2) is 12.8 Å². The van der Waals surface area contributed by atoms with E-state index in [0.717, 1.165) is 0 Å². The van der Waals surface area contributed by atoms with Crippen molar-refractivity contribution < 1.29 is 22.0 Å². The topological polar surface area (TPSA) is 102 Å². The number of carbonyl (C=O) groups excluding carboxylic acids is 1. The predicted molar refractivity (Wildman–Crippen MR) is 91.9 cm³/mol. The lowest BCUT2D eigenvalue weighted by molar-refractivity contribution is 0.0957. The zero-order valence-corrected chi connectivity index (χ0v) is 15.0. The third-order valence-corrected chi connectivity index (χ3v) is 5.63. The Hall–Kier alpha value is -2.59. The molecule has 1 aromatic carbocycles. The van der Waals surface area contributed by atoms with E-state index in [1.165, 1.54) is 35.6 Å². The zero-order chi connectivity index (χ0) is 18.6. The smallest absolute Gasteiger partial charge is 0.335 e. The van der Waals surface area contributed by atoms with E-state index >= 15 is 0 Å². The first-order valence-electron chi connectivity index (χ1n) is 7.55. The minimum atomic E-state index is -3.83. The Morgan fingerprint density at radius 3 is 2.65 bits per heavy atom. The van der Waals surface area contributed by atoms with E-state index < -0.39 is 20.9 Å². The van der Waals surface area contributed by atoms with Crippen LogP contribution in [0.5, 0.6) is 0 Å². The number of benzene rings is 1. The number of amides is 1. The summed E-state index contributed by atoms with van der Waals surface area (Å²) in [7, 11) is -3.83. The van der Waals surface area contributed by atoms with Crippen LogP contribution in [0.25, 0.3) is 0 Å². The molecule has 0 fully saturated rings. The van der Waals surface area contributed by atoms with Crippen molar-refractivity contribution in [3.05, 3.63) is 63.9 Å². The van der Waals surface area contributed by atoms with Gasteiger partial charge in [-0.3, -0.25) is 4.79 Å². The van der Waals surface area contributed by atoms with E-state index in [0.29, 0.717) is 10.4 Å². The fraction of sp³-hybridized carbons (Fsp3) is 0.188. The molecule has 0 saturated carbocycles. The summed E-state index contributed by atoms with van der Waals surface area (Å²) in [5.74, 6) is -0.932. The summed E-state index contributed by atoms with van der Waals surface area (Å²) in [5.41, 5.74) is 0.411. The number of halogens is 1. The largest absolute Gasteiger partial charge is 0.412 e. The zero-order valence-electron chi connectivity index (χ0n) is 13.4. The first-order chi connectivity index (χ1) is 12.4. The first-order valence-corrected chi connectivity index (χ1v) is 10.1. The molecule has 0 spiro atoms. The van der Waals surface area contributed by atoms with Crippen LogP contribution in [0.1, 0.15) is 21.1 Å². The second-order valence-corrected chi connectivity index (χ2v) is 8.15. The van der Waals surface area contributed by atoms with E-state index in [1.807, 2.05) is 0 Å². The number of nitrogens with zero attached hydrogens (tertiary/aromatic N) is 2. The number of carbonyl (C=O) groups is 1. The van der Waals surface area contributed by atoms with Crippen LogP contribution >= 0.6 is 11.3 Å². The third kappa shape index (κ3) is 4.52. The Labute approximate surface area is 152 Å². The van der Waals surface area contributed by atoms with Crippen molar-refractivity contribution in [3.8, 4) is 0 Å². The van der Waals surface area contributed by atoms with E-state index in [1.54, 1.807) is 17.5 Å². The van der Waals surface area contributed by atoms with Gasteiger partial charge in [-0.1, -0.05) is 23.3 Å². The van der Waals surface area contributed by atoms with E-state index in [4.69, 9.17) is 4.42 Å². The van der Waals surface area contributed by atoms with Crippen molar-refractivity contribution >= 4 is 27.1 Å². The highest BCUT2D eigenvalue weighted by atomic mass is 32.2. The lowest BCUT2D eigenvalue weighted by Gasteiger charge is -2.01. The SMILES string of the molecule is O=C(NCCc1nnc(S(=O)(=O)Cc2ccc(F)cc2)o1)c1cccs1. The molecule has 0 aliphatic rings. The maximum atomic E-state index is 12.9. The van der Waals surface area contributed by atoms with Crippen molar-refractivity contribution in [2.75, 3.05) is 6.54 Å². The lowest BCUT2D eigenvalue weighted by Crippen LogP contribution is -2.24.